The monoisotopic (exact) mass is 1100 g/mol. The molecule has 3 N–H and O–H groups in total. The van der Waals surface area contributed by atoms with E-state index in [2.05, 4.69) is 106 Å². The molecule has 2 heterocycles. The molecule has 6 nitrogen and oxygen atoms in total. The minimum atomic E-state index is -0.592. The summed E-state index contributed by atoms with van der Waals surface area (Å²) in [7, 11) is 0. The maximum absolute atomic E-state index is 6.14. The second-order valence-electron chi connectivity index (χ2n) is 12.7. The minimum Gasteiger partial charge on any atom is -1.00 e. The smallest absolute Gasteiger partial charge is 0.165 e. The van der Waals surface area contributed by atoms with E-state index < -0.39 is 11.2 Å². The van der Waals surface area contributed by atoms with E-state index in [1.807, 2.05) is 51.1 Å². The Balaban J connectivity index is 0.000000261. The fraction of sp³-hybridized carbons (Fsp3) is 0.263. The van der Waals surface area contributed by atoms with E-state index in [0.717, 1.165) is 58.5 Å². The summed E-state index contributed by atoms with van der Waals surface area (Å²) in [6.45, 7) is 8.20. The number of halogens is 8. The number of nitrogens with zero attached hydrogens (tertiary/aromatic N) is 2. The molecule has 0 saturated carbocycles. The van der Waals surface area contributed by atoms with E-state index in [1.54, 1.807) is 19.1 Å². The van der Waals surface area contributed by atoms with Crippen LogP contribution in [0.2, 0.25) is 20.1 Å². The predicted molar refractivity (Wildman–Crippen MR) is 241 cm³/mol. The van der Waals surface area contributed by atoms with Crippen LogP contribution in [0.25, 0.3) is 0 Å². The van der Waals surface area contributed by atoms with Gasteiger partial charge in [-0.1, -0.05) is 153 Å². The van der Waals surface area contributed by atoms with Gasteiger partial charge in [-0.3, -0.25) is 0 Å². The van der Waals surface area contributed by atoms with Crippen LogP contribution in [0.3, 0.4) is 0 Å². The Kier molecular flexibility index (Phi) is 18.2. The number of rotatable bonds is 7. The van der Waals surface area contributed by atoms with E-state index >= 15 is 0 Å². The maximum atomic E-state index is 6.14. The highest BCUT2D eigenvalue weighted by Crippen LogP contribution is 2.40. The summed E-state index contributed by atoms with van der Waals surface area (Å²) in [6.07, 6.45) is 1.29. The van der Waals surface area contributed by atoms with Gasteiger partial charge < -0.3 is 37.7 Å². The Labute approximate surface area is 383 Å². The average Bonchev–Trinajstić information content (AvgIpc) is 3.68. The highest BCUT2D eigenvalue weighted by atomic mass is 79.9. The second-order valence-corrected chi connectivity index (χ2v) is 17.9. The summed E-state index contributed by atoms with van der Waals surface area (Å²) < 4.78 is 2.05. The van der Waals surface area contributed by atoms with Crippen LogP contribution in [0.1, 0.15) is 73.9 Å². The van der Waals surface area contributed by atoms with E-state index in [9.17, 15) is 0 Å². The fourth-order valence-electron chi connectivity index (χ4n) is 5.34. The first-order valence-corrected chi connectivity index (χ1v) is 21.0. The molecule has 2 unspecified atom stereocenters. The summed E-state index contributed by atoms with van der Waals surface area (Å²) in [5.41, 5.74) is 11.7. The predicted octanol–water partition coefficient (Wildman–Crippen LogP) is 10.2. The Hall–Kier alpha value is -1.32. The molecule has 0 aliphatic carbocycles. The largest absolute Gasteiger partial charge is 1.00 e. The molecule has 4 aromatic rings. The van der Waals surface area contributed by atoms with Gasteiger partial charge in [0, 0.05) is 76.0 Å². The average molecular weight is 1110 g/mol. The van der Waals surface area contributed by atoms with Crippen LogP contribution in [-0.4, -0.2) is 21.4 Å². The van der Waals surface area contributed by atoms with Gasteiger partial charge in [0.2, 0.25) is 0 Å². The lowest BCUT2D eigenvalue weighted by atomic mass is 9.89. The zero-order chi connectivity index (χ0) is 39.1. The zero-order valence-electron chi connectivity index (χ0n) is 29.4. The van der Waals surface area contributed by atoms with Crippen LogP contribution in [-0.2, 0) is 32.8 Å². The van der Waals surface area contributed by atoms with E-state index in [0.29, 0.717) is 44.5 Å². The van der Waals surface area contributed by atoms with Gasteiger partial charge in [0.15, 0.2) is 11.2 Å². The second kappa shape index (κ2) is 20.9. The number of benzene rings is 4. The van der Waals surface area contributed by atoms with Gasteiger partial charge in [-0.05, 0) is 87.4 Å². The van der Waals surface area contributed by atoms with Crippen molar-refractivity contribution < 1.29 is 26.7 Å². The topological polar surface area (TPSA) is 81.2 Å². The van der Waals surface area contributed by atoms with Crippen molar-refractivity contribution in [1.29, 1.82) is 0 Å². The zero-order valence-corrected chi connectivity index (χ0v) is 40.4. The van der Waals surface area contributed by atoms with E-state index in [-0.39, 0.29) is 17.0 Å². The van der Waals surface area contributed by atoms with Crippen LogP contribution in [0.4, 0.5) is 0 Å². The molecule has 2 aliphatic heterocycles. The third-order valence-electron chi connectivity index (χ3n) is 8.11. The number of alkyl halides is 1. The number of hydrogen-bond acceptors (Lipinski definition) is 6. The number of nitrogens with one attached hydrogen (secondary N) is 1. The van der Waals surface area contributed by atoms with Crippen molar-refractivity contribution in [1.82, 2.24) is 5.32 Å². The maximum Gasteiger partial charge on any atom is 0.165 e. The Morgan fingerprint density at radius 2 is 1.09 bits per heavy atom. The first kappa shape index (κ1) is 47.1. The van der Waals surface area contributed by atoms with Crippen LogP contribution in [0, 0.1) is 0 Å². The molecular weight excluding hydrogens is 1070 g/mol. The number of nitrogens with two attached hydrogens (primary N) is 1. The van der Waals surface area contributed by atoms with Gasteiger partial charge in [0.05, 0.1) is 21.4 Å². The lowest BCUT2D eigenvalue weighted by Crippen LogP contribution is -3.00. The number of hydrogen-bond donors (Lipinski definition) is 2. The molecule has 0 amide bonds. The minimum absolute atomic E-state index is 0. The summed E-state index contributed by atoms with van der Waals surface area (Å²) >= 11 is 44.5. The fourth-order valence-corrected chi connectivity index (χ4v) is 8.37. The molecule has 2 atom stereocenters. The van der Waals surface area contributed by atoms with Crippen molar-refractivity contribution in [3.05, 3.63) is 135 Å². The molecule has 0 aromatic heterocycles. The summed E-state index contributed by atoms with van der Waals surface area (Å²) in [5.74, 6) is 0. The molecule has 4 aromatic carbocycles. The van der Waals surface area contributed by atoms with Crippen molar-refractivity contribution in [3.8, 4) is 0 Å². The van der Waals surface area contributed by atoms with Crippen molar-refractivity contribution in [3.63, 3.8) is 0 Å². The summed E-state index contributed by atoms with van der Waals surface area (Å²) in [4.78, 5) is 12.8. The van der Waals surface area contributed by atoms with Gasteiger partial charge in [-0.25, -0.2) is 0 Å². The number of oxime groups is 2. The molecule has 2 aliphatic rings. The van der Waals surface area contributed by atoms with Crippen LogP contribution in [0.5, 0.6) is 0 Å². The SMILES string of the molecule is CC(=S)NCc1ccc(C2=NOC(C)(c3cc(Cl)cc(Cl)c3)C2)cc1Br.CC(N)=S.CC1(c2cc(Cl)cc(Cl)c2)CC(c2ccc(CBr)c(Br)c2)=NO1.[Br-]. The highest BCUT2D eigenvalue weighted by Gasteiger charge is 2.38. The molecule has 54 heavy (non-hydrogen) atoms. The Bertz CT molecular complexity index is 2050. The first-order chi connectivity index (χ1) is 24.9. The Morgan fingerprint density at radius 3 is 1.43 bits per heavy atom. The van der Waals surface area contributed by atoms with Crippen molar-refractivity contribution in [2.45, 2.75) is 63.6 Å². The lowest BCUT2D eigenvalue weighted by Gasteiger charge is -2.22. The highest BCUT2D eigenvalue weighted by molar-refractivity contribution is 9.11. The van der Waals surface area contributed by atoms with Gasteiger partial charge >= 0.3 is 0 Å². The standard InChI is InChI=1S/C19H17BrCl2N2OS.C17H13Br2Cl2NO.C2H5NS.BrH/c1-11(26)23-10-13-4-3-12(5-17(13)20)18-9-19(2,25-24-18)14-6-15(21)8-16(22)7-14;1-17(12-5-13(20)7-14(21)6-12)8-16(22-23-17)10-2-3-11(9-18)15(19)4-10;1-2(3)4;/h3-8H,9-10H2,1-2H3,(H,23,26);2-7H,8-9H2,1H3;1H3,(H2,3,4);1H/p-1. The van der Waals surface area contributed by atoms with E-state index in [4.69, 9.17) is 74.0 Å². The third-order valence-corrected chi connectivity index (χ3v) is 11.2. The molecule has 6 rings (SSSR count). The molecule has 16 heteroatoms. The van der Waals surface area contributed by atoms with Crippen LogP contribution < -0.4 is 28.0 Å². The van der Waals surface area contributed by atoms with Crippen molar-refractivity contribution in [2.24, 2.45) is 16.0 Å². The normalized spacial score (nSPS) is 18.3. The van der Waals surface area contributed by atoms with Gasteiger partial charge in [0.25, 0.3) is 0 Å². The van der Waals surface area contributed by atoms with Crippen molar-refractivity contribution >= 4 is 140 Å². The molecular formula is C38H35Br4Cl4N4O2S2-. The van der Waals surface area contributed by atoms with Gasteiger partial charge in [-0.15, -0.1) is 0 Å². The van der Waals surface area contributed by atoms with Crippen LogP contribution >= 0.6 is 119 Å². The first-order valence-electron chi connectivity index (χ1n) is 16.0. The summed E-state index contributed by atoms with van der Waals surface area (Å²) in [6, 6.07) is 23.2. The molecule has 0 radical (unpaired) electrons. The van der Waals surface area contributed by atoms with Gasteiger partial charge in [-0.2, -0.15) is 0 Å². The molecule has 288 valence electrons. The van der Waals surface area contributed by atoms with E-state index in [1.165, 1.54) is 5.56 Å². The Morgan fingerprint density at radius 1 is 0.722 bits per heavy atom. The molecule has 0 fully saturated rings. The molecule has 0 spiro atoms. The molecule has 0 saturated heterocycles. The summed E-state index contributed by atoms with van der Waals surface area (Å²) in [5, 5.41) is 14.9. The molecule has 0 bridgehead atoms. The van der Waals surface area contributed by atoms with Crippen LogP contribution in [0.15, 0.2) is 92.1 Å². The number of thiocarbonyl (C=S) groups is 2. The van der Waals surface area contributed by atoms with Gasteiger partial charge in [0.1, 0.15) is 0 Å². The van der Waals surface area contributed by atoms with Crippen molar-refractivity contribution in [2.75, 3.05) is 0 Å². The quantitative estimate of drug-likeness (QED) is 0.142. The lowest BCUT2D eigenvalue weighted by molar-refractivity contribution is -0.00755. The third kappa shape index (κ3) is 13.1.